The number of thioether (sulfide) groups is 1. The molecular weight excluding hydrogens is 246 g/mol. The molecule has 0 saturated carbocycles. The number of nitrogens with two attached hydrogens (primary N) is 1. The molecule has 1 aromatic rings. The molecular formula is C14H21NO2S. The number of hydrogen-bond acceptors (Lipinski definition) is 3. The van der Waals surface area contributed by atoms with Gasteiger partial charge in [-0.3, -0.25) is 4.79 Å². The highest BCUT2D eigenvalue weighted by Gasteiger charge is 2.32. The highest BCUT2D eigenvalue weighted by Crippen LogP contribution is 2.30. The van der Waals surface area contributed by atoms with Crippen LogP contribution < -0.4 is 5.73 Å². The zero-order valence-electron chi connectivity index (χ0n) is 11.1. The van der Waals surface area contributed by atoms with Crippen LogP contribution >= 0.6 is 11.8 Å². The summed E-state index contributed by atoms with van der Waals surface area (Å²) in [6.45, 7) is 5.87. The van der Waals surface area contributed by atoms with Gasteiger partial charge in [-0.25, -0.2) is 0 Å². The van der Waals surface area contributed by atoms with Crippen molar-refractivity contribution in [3.05, 3.63) is 35.4 Å². The summed E-state index contributed by atoms with van der Waals surface area (Å²) in [6, 6.07) is 7.56. The summed E-state index contributed by atoms with van der Waals surface area (Å²) in [4.78, 5) is 10.9. The maximum Gasteiger partial charge on any atom is 0.321 e. The summed E-state index contributed by atoms with van der Waals surface area (Å²) in [5.41, 5.74) is 8.19. The minimum absolute atomic E-state index is 0.477. The number of carboxylic acids is 1. The molecule has 0 aliphatic heterocycles. The predicted octanol–water partition coefficient (Wildman–Crippen LogP) is 2.67. The molecule has 18 heavy (non-hydrogen) atoms. The first-order valence-electron chi connectivity index (χ1n) is 6.07. The van der Waals surface area contributed by atoms with E-state index in [-0.39, 0.29) is 0 Å². The highest BCUT2D eigenvalue weighted by molar-refractivity contribution is 7.99. The fraction of sp³-hybridized carbons (Fsp3) is 0.500. The van der Waals surface area contributed by atoms with Crippen LogP contribution in [-0.2, 0) is 17.0 Å². The van der Waals surface area contributed by atoms with Crippen LogP contribution in [-0.4, -0.2) is 21.9 Å². The normalized spacial score (nSPS) is 13.3. The summed E-state index contributed by atoms with van der Waals surface area (Å²) >= 11 is 1.58. The second kappa shape index (κ2) is 6.25. The molecule has 0 heterocycles. The fourth-order valence-electron chi connectivity index (χ4n) is 1.53. The van der Waals surface area contributed by atoms with Crippen LogP contribution in [0, 0.1) is 0 Å². The number of aryl methyl sites for hydroxylation is 1. The van der Waals surface area contributed by atoms with Gasteiger partial charge in [-0.15, -0.1) is 11.8 Å². The predicted molar refractivity (Wildman–Crippen MR) is 76.8 cm³/mol. The summed E-state index contributed by atoms with van der Waals surface area (Å²) in [6.07, 6.45) is 1.03. The van der Waals surface area contributed by atoms with E-state index in [1.807, 2.05) is 13.8 Å². The van der Waals surface area contributed by atoms with E-state index < -0.39 is 16.8 Å². The summed E-state index contributed by atoms with van der Waals surface area (Å²) in [7, 11) is 0. The number of hydrogen-bond donors (Lipinski definition) is 2. The molecule has 0 fully saturated rings. The molecule has 0 aliphatic carbocycles. The van der Waals surface area contributed by atoms with Crippen molar-refractivity contribution >= 4 is 17.7 Å². The van der Waals surface area contributed by atoms with Gasteiger partial charge in [-0.05, 0) is 31.4 Å². The molecule has 0 aromatic heterocycles. The van der Waals surface area contributed by atoms with Gasteiger partial charge in [0.05, 0.1) is 0 Å². The Bertz CT molecular complexity index is 401. The Labute approximate surface area is 113 Å². The van der Waals surface area contributed by atoms with Gasteiger partial charge < -0.3 is 10.8 Å². The SMILES string of the molecule is CCc1ccc(CSC(C)(C)[C@H](N)C(=O)O)cc1. The van der Waals surface area contributed by atoms with Crippen LogP contribution in [0.4, 0.5) is 0 Å². The molecule has 0 aliphatic rings. The van der Waals surface area contributed by atoms with Gasteiger partial charge in [-0.1, -0.05) is 31.2 Å². The van der Waals surface area contributed by atoms with E-state index in [2.05, 4.69) is 31.2 Å². The standard InChI is InChI=1S/C14H21NO2S/c1-4-10-5-7-11(8-6-10)9-18-14(2,3)12(15)13(16)17/h5-8,12H,4,9,15H2,1-3H3,(H,16,17)/t12-/m1/s1. The first-order chi connectivity index (χ1) is 8.36. The zero-order chi connectivity index (χ0) is 13.8. The van der Waals surface area contributed by atoms with Crippen molar-refractivity contribution in [1.29, 1.82) is 0 Å². The summed E-state index contributed by atoms with van der Waals surface area (Å²) in [5, 5.41) is 8.94. The first-order valence-corrected chi connectivity index (χ1v) is 7.05. The van der Waals surface area contributed by atoms with Crippen LogP contribution in [0.15, 0.2) is 24.3 Å². The Morgan fingerprint density at radius 1 is 1.33 bits per heavy atom. The lowest BCUT2D eigenvalue weighted by molar-refractivity contribution is -0.139. The molecule has 100 valence electrons. The van der Waals surface area contributed by atoms with Gasteiger partial charge in [0.1, 0.15) is 6.04 Å². The van der Waals surface area contributed by atoms with Crippen molar-refractivity contribution in [2.45, 2.75) is 43.7 Å². The van der Waals surface area contributed by atoms with Crippen molar-refractivity contribution in [3.8, 4) is 0 Å². The average Bonchev–Trinajstić information content (AvgIpc) is 2.36. The van der Waals surface area contributed by atoms with Crippen molar-refractivity contribution in [3.63, 3.8) is 0 Å². The molecule has 1 aromatic carbocycles. The molecule has 0 bridgehead atoms. The number of rotatable bonds is 6. The van der Waals surface area contributed by atoms with E-state index in [1.54, 1.807) is 11.8 Å². The molecule has 0 saturated heterocycles. The molecule has 0 spiro atoms. The van der Waals surface area contributed by atoms with E-state index in [0.29, 0.717) is 0 Å². The fourth-order valence-corrected chi connectivity index (χ4v) is 2.54. The molecule has 0 amide bonds. The van der Waals surface area contributed by atoms with Crippen LogP contribution in [0.5, 0.6) is 0 Å². The Hall–Kier alpha value is -1.00. The van der Waals surface area contributed by atoms with Gasteiger partial charge >= 0.3 is 5.97 Å². The maximum atomic E-state index is 10.9. The van der Waals surface area contributed by atoms with E-state index in [9.17, 15) is 4.79 Å². The average molecular weight is 267 g/mol. The lowest BCUT2D eigenvalue weighted by atomic mass is 10.1. The lowest BCUT2D eigenvalue weighted by Crippen LogP contribution is -2.46. The minimum Gasteiger partial charge on any atom is -0.480 e. The molecule has 4 heteroatoms. The molecule has 0 radical (unpaired) electrons. The van der Waals surface area contributed by atoms with Crippen molar-refractivity contribution < 1.29 is 9.90 Å². The molecule has 3 nitrogen and oxygen atoms in total. The number of benzene rings is 1. The monoisotopic (exact) mass is 267 g/mol. The Kier molecular flexibility index (Phi) is 5.23. The van der Waals surface area contributed by atoms with E-state index in [4.69, 9.17) is 10.8 Å². The number of aliphatic carboxylic acids is 1. The summed E-state index contributed by atoms with van der Waals surface area (Å²) in [5.74, 6) is -0.174. The Balaban J connectivity index is 2.60. The lowest BCUT2D eigenvalue weighted by Gasteiger charge is -2.28. The van der Waals surface area contributed by atoms with E-state index in [1.165, 1.54) is 11.1 Å². The van der Waals surface area contributed by atoms with Crippen molar-refractivity contribution in [2.24, 2.45) is 5.73 Å². The Morgan fingerprint density at radius 3 is 2.28 bits per heavy atom. The van der Waals surface area contributed by atoms with Crippen LogP contribution in [0.2, 0.25) is 0 Å². The topological polar surface area (TPSA) is 63.3 Å². The second-order valence-electron chi connectivity index (χ2n) is 4.88. The summed E-state index contributed by atoms with van der Waals surface area (Å²) < 4.78 is -0.477. The maximum absolute atomic E-state index is 10.9. The van der Waals surface area contributed by atoms with Crippen molar-refractivity contribution in [2.75, 3.05) is 0 Å². The highest BCUT2D eigenvalue weighted by atomic mass is 32.2. The first kappa shape index (κ1) is 15.1. The molecule has 0 unspecified atom stereocenters. The third-order valence-corrected chi connectivity index (χ3v) is 4.53. The molecule has 1 rings (SSSR count). The molecule has 3 N–H and O–H groups in total. The van der Waals surface area contributed by atoms with Gasteiger partial charge in [0.25, 0.3) is 0 Å². The zero-order valence-corrected chi connectivity index (χ0v) is 12.0. The molecule has 1 atom stereocenters. The van der Waals surface area contributed by atoms with Gasteiger partial charge in [0.15, 0.2) is 0 Å². The third kappa shape index (κ3) is 4.03. The van der Waals surface area contributed by atoms with Gasteiger partial charge in [0.2, 0.25) is 0 Å². The van der Waals surface area contributed by atoms with Crippen molar-refractivity contribution in [1.82, 2.24) is 0 Å². The second-order valence-corrected chi connectivity index (χ2v) is 6.51. The minimum atomic E-state index is -0.950. The van der Waals surface area contributed by atoms with Gasteiger partial charge in [0, 0.05) is 10.5 Å². The largest absolute Gasteiger partial charge is 0.480 e. The number of carbonyl (C=O) groups is 1. The van der Waals surface area contributed by atoms with Crippen LogP contribution in [0.1, 0.15) is 31.9 Å². The van der Waals surface area contributed by atoms with Crippen LogP contribution in [0.25, 0.3) is 0 Å². The number of carboxylic acid groups (broad SMARTS) is 1. The quantitative estimate of drug-likeness (QED) is 0.831. The van der Waals surface area contributed by atoms with Gasteiger partial charge in [-0.2, -0.15) is 0 Å². The third-order valence-electron chi connectivity index (χ3n) is 3.06. The van der Waals surface area contributed by atoms with Crippen LogP contribution in [0.3, 0.4) is 0 Å². The Morgan fingerprint density at radius 2 is 1.83 bits per heavy atom. The smallest absolute Gasteiger partial charge is 0.321 e. The van der Waals surface area contributed by atoms with E-state index in [0.717, 1.165) is 12.2 Å². The van der Waals surface area contributed by atoms with E-state index >= 15 is 0 Å².